The molecule has 0 unspecified atom stereocenters. The number of hydrogen-bond donors (Lipinski definition) is 0. The van der Waals surface area contributed by atoms with Crippen LogP contribution in [-0.4, -0.2) is 43.2 Å². The zero-order valence-electron chi connectivity index (χ0n) is 11.2. The molecule has 0 atom stereocenters. The number of hydrogen-bond acceptors (Lipinski definition) is 5. The van der Waals surface area contributed by atoms with Crippen LogP contribution in [0.15, 0.2) is 18.3 Å². The van der Waals surface area contributed by atoms with E-state index in [9.17, 15) is 4.79 Å². The van der Waals surface area contributed by atoms with Crippen molar-refractivity contribution in [1.29, 1.82) is 0 Å². The molecule has 0 N–H and O–H groups in total. The van der Waals surface area contributed by atoms with Gasteiger partial charge in [0.05, 0.1) is 20.6 Å². The molecule has 1 rings (SSSR count). The molecule has 0 amide bonds. The number of carbonyl (C=O) groups is 1. The van der Waals surface area contributed by atoms with Crippen LogP contribution in [0.3, 0.4) is 0 Å². The van der Waals surface area contributed by atoms with E-state index in [0.29, 0.717) is 25.4 Å². The molecule has 0 radical (unpaired) electrons. The lowest BCUT2D eigenvalue weighted by molar-refractivity contribution is -0.141. The highest BCUT2D eigenvalue weighted by Gasteiger charge is 2.10. The molecule has 0 aromatic carbocycles. The lowest BCUT2D eigenvalue weighted by Crippen LogP contribution is -2.26. The Balaban J connectivity index is 2.59. The van der Waals surface area contributed by atoms with E-state index in [1.54, 1.807) is 13.3 Å². The summed E-state index contributed by atoms with van der Waals surface area (Å²) in [5.74, 6) is 0.445. The zero-order chi connectivity index (χ0) is 13.4. The van der Waals surface area contributed by atoms with E-state index in [2.05, 4.69) is 21.5 Å². The number of carbonyl (C=O) groups excluding carboxylic acids is 1. The Morgan fingerprint density at radius 3 is 2.83 bits per heavy atom. The third-order valence-electron chi connectivity index (χ3n) is 2.74. The van der Waals surface area contributed by atoms with Gasteiger partial charge in [-0.1, -0.05) is 13.0 Å². The third-order valence-corrected chi connectivity index (χ3v) is 2.74. The molecule has 0 saturated carbocycles. The van der Waals surface area contributed by atoms with E-state index in [4.69, 9.17) is 4.74 Å². The van der Waals surface area contributed by atoms with Crippen LogP contribution < -0.4 is 4.74 Å². The summed E-state index contributed by atoms with van der Waals surface area (Å²) in [6.45, 7) is 4.29. The van der Waals surface area contributed by atoms with Gasteiger partial charge in [-0.25, -0.2) is 4.98 Å². The predicted molar refractivity (Wildman–Crippen MR) is 68.4 cm³/mol. The van der Waals surface area contributed by atoms with Crippen LogP contribution in [0.2, 0.25) is 0 Å². The molecule has 0 aliphatic carbocycles. The Morgan fingerprint density at radius 1 is 1.44 bits per heavy atom. The average molecular weight is 252 g/mol. The second-order valence-electron chi connectivity index (χ2n) is 3.87. The Kier molecular flexibility index (Phi) is 6.14. The molecule has 5 nitrogen and oxygen atoms in total. The van der Waals surface area contributed by atoms with Crippen molar-refractivity contribution in [3.63, 3.8) is 0 Å². The highest BCUT2D eigenvalue weighted by Crippen LogP contribution is 2.16. The van der Waals surface area contributed by atoms with Crippen LogP contribution >= 0.6 is 0 Å². The second kappa shape index (κ2) is 7.66. The van der Waals surface area contributed by atoms with Gasteiger partial charge in [0.25, 0.3) is 0 Å². The molecular formula is C13H20N2O3. The van der Waals surface area contributed by atoms with E-state index in [-0.39, 0.29) is 5.97 Å². The second-order valence-corrected chi connectivity index (χ2v) is 3.87. The first-order valence-corrected chi connectivity index (χ1v) is 5.98. The highest BCUT2D eigenvalue weighted by atomic mass is 16.5. The van der Waals surface area contributed by atoms with Crippen molar-refractivity contribution in [2.45, 2.75) is 19.9 Å². The van der Waals surface area contributed by atoms with Gasteiger partial charge in [-0.05, 0) is 12.6 Å². The first-order valence-electron chi connectivity index (χ1n) is 5.98. The Hall–Kier alpha value is -1.62. The summed E-state index contributed by atoms with van der Waals surface area (Å²) in [5, 5.41) is 0. The molecule has 0 saturated heterocycles. The van der Waals surface area contributed by atoms with Crippen LogP contribution in [-0.2, 0) is 16.1 Å². The van der Waals surface area contributed by atoms with E-state index in [1.807, 2.05) is 12.1 Å². The normalized spacial score (nSPS) is 10.4. The molecule has 1 heterocycles. The Labute approximate surface area is 108 Å². The van der Waals surface area contributed by atoms with Crippen LogP contribution in [0.1, 0.15) is 18.9 Å². The fourth-order valence-electron chi connectivity index (χ4n) is 1.67. The van der Waals surface area contributed by atoms with Gasteiger partial charge >= 0.3 is 5.97 Å². The minimum atomic E-state index is -0.188. The summed E-state index contributed by atoms with van der Waals surface area (Å²) < 4.78 is 9.85. The van der Waals surface area contributed by atoms with Crippen molar-refractivity contribution < 1.29 is 14.3 Å². The molecule has 1 aromatic heterocycles. The van der Waals surface area contributed by atoms with Crippen LogP contribution in [0, 0.1) is 0 Å². The van der Waals surface area contributed by atoms with Gasteiger partial charge in [0.15, 0.2) is 0 Å². The first-order chi connectivity index (χ1) is 8.71. The van der Waals surface area contributed by atoms with Crippen LogP contribution in [0.25, 0.3) is 0 Å². The number of pyridine rings is 1. The van der Waals surface area contributed by atoms with E-state index in [0.717, 1.165) is 12.1 Å². The smallest absolute Gasteiger partial charge is 0.306 e. The summed E-state index contributed by atoms with van der Waals surface area (Å²) >= 11 is 0. The van der Waals surface area contributed by atoms with Crippen molar-refractivity contribution in [1.82, 2.24) is 9.88 Å². The maximum atomic E-state index is 11.1. The standard InChI is InChI=1S/C13H20N2O3/c1-4-15(9-7-12(16)17-2)10-11-6-5-8-14-13(11)18-3/h5-6,8H,4,7,9-10H2,1-3H3. The minimum Gasteiger partial charge on any atom is -0.481 e. The van der Waals surface area contributed by atoms with Gasteiger partial charge in [-0.2, -0.15) is 0 Å². The number of aromatic nitrogens is 1. The van der Waals surface area contributed by atoms with Crippen LogP contribution in [0.4, 0.5) is 0 Å². The van der Waals surface area contributed by atoms with E-state index < -0.39 is 0 Å². The molecule has 0 aliphatic heterocycles. The molecule has 1 aromatic rings. The van der Waals surface area contributed by atoms with Crippen molar-refractivity contribution in [3.8, 4) is 5.88 Å². The Morgan fingerprint density at radius 2 is 2.22 bits per heavy atom. The topological polar surface area (TPSA) is 51.7 Å². The number of methoxy groups -OCH3 is 2. The average Bonchev–Trinajstić information content (AvgIpc) is 2.43. The van der Waals surface area contributed by atoms with E-state index >= 15 is 0 Å². The number of esters is 1. The molecule has 0 spiro atoms. The number of rotatable bonds is 7. The van der Waals surface area contributed by atoms with Crippen LogP contribution in [0.5, 0.6) is 5.88 Å². The van der Waals surface area contributed by atoms with Gasteiger partial charge in [-0.15, -0.1) is 0 Å². The van der Waals surface area contributed by atoms with Crippen molar-refractivity contribution in [2.75, 3.05) is 27.3 Å². The van der Waals surface area contributed by atoms with E-state index in [1.165, 1.54) is 7.11 Å². The zero-order valence-corrected chi connectivity index (χ0v) is 11.2. The number of ether oxygens (including phenoxy) is 2. The quantitative estimate of drug-likeness (QED) is 0.688. The monoisotopic (exact) mass is 252 g/mol. The maximum Gasteiger partial charge on any atom is 0.306 e. The fourth-order valence-corrected chi connectivity index (χ4v) is 1.67. The summed E-state index contributed by atoms with van der Waals surface area (Å²) in [6, 6.07) is 3.86. The fraction of sp³-hybridized carbons (Fsp3) is 0.538. The minimum absolute atomic E-state index is 0.188. The van der Waals surface area contributed by atoms with Crippen molar-refractivity contribution in [2.24, 2.45) is 0 Å². The third kappa shape index (κ3) is 4.33. The molecule has 100 valence electrons. The van der Waals surface area contributed by atoms with Gasteiger partial charge in [0.1, 0.15) is 0 Å². The molecular weight excluding hydrogens is 232 g/mol. The first kappa shape index (κ1) is 14.4. The van der Waals surface area contributed by atoms with Gasteiger partial charge in [-0.3, -0.25) is 9.69 Å². The predicted octanol–water partition coefficient (Wildman–Crippen LogP) is 1.48. The molecule has 0 bridgehead atoms. The van der Waals surface area contributed by atoms with Gasteiger partial charge < -0.3 is 9.47 Å². The SMILES string of the molecule is CCN(CCC(=O)OC)Cc1cccnc1OC. The summed E-state index contributed by atoms with van der Waals surface area (Å²) in [5.41, 5.74) is 1.02. The molecule has 18 heavy (non-hydrogen) atoms. The lowest BCUT2D eigenvalue weighted by Gasteiger charge is -2.20. The maximum absolute atomic E-state index is 11.1. The molecule has 0 aliphatic rings. The summed E-state index contributed by atoms with van der Waals surface area (Å²) in [6.07, 6.45) is 2.10. The largest absolute Gasteiger partial charge is 0.481 e. The number of nitrogens with zero attached hydrogens (tertiary/aromatic N) is 2. The molecule has 5 heteroatoms. The van der Waals surface area contributed by atoms with Crippen molar-refractivity contribution >= 4 is 5.97 Å². The van der Waals surface area contributed by atoms with Crippen molar-refractivity contribution in [3.05, 3.63) is 23.9 Å². The lowest BCUT2D eigenvalue weighted by atomic mass is 10.2. The summed E-state index contributed by atoms with van der Waals surface area (Å²) in [4.78, 5) is 17.4. The molecule has 0 fully saturated rings. The van der Waals surface area contributed by atoms with Gasteiger partial charge in [0, 0.05) is 24.8 Å². The summed E-state index contributed by atoms with van der Waals surface area (Å²) in [7, 11) is 3.01. The van der Waals surface area contributed by atoms with Gasteiger partial charge in [0.2, 0.25) is 5.88 Å². The Bertz CT molecular complexity index is 382. The highest BCUT2D eigenvalue weighted by molar-refractivity contribution is 5.69.